The molecule has 1 N–H and O–H groups in total. The molecule has 0 bridgehead atoms. The van der Waals surface area contributed by atoms with Crippen LogP contribution in [0.15, 0.2) is 0 Å². The predicted octanol–water partition coefficient (Wildman–Crippen LogP) is -0.363. The Balaban J connectivity index is 0.000000291. The summed E-state index contributed by atoms with van der Waals surface area (Å²) in [4.78, 5) is 1.70. The Morgan fingerprint density at radius 2 is 2.11 bits per heavy atom. The Kier molecular flexibility index (Phi) is 4.08. The van der Waals surface area contributed by atoms with Gasteiger partial charge in [0.05, 0.1) is 20.1 Å². The Labute approximate surface area is 57.1 Å². The Hall–Kier alpha value is -0.550. The number of nitrogens with one attached hydrogen (secondary N) is 1. The maximum Gasteiger partial charge on any atom is 0.0797 e. The van der Waals surface area contributed by atoms with Crippen molar-refractivity contribution in [3.8, 4) is 0 Å². The average Bonchev–Trinajstić information content (AvgIpc) is 2.20. The van der Waals surface area contributed by atoms with E-state index in [4.69, 9.17) is 11.8 Å². The molecule has 2 heteroatoms. The maximum absolute atomic E-state index is 6.25. The number of hydrogen-bond acceptors (Lipinski definition) is 1. The molecular weight excluding hydrogens is 112 g/mol. The first kappa shape index (κ1) is 8.45. The van der Waals surface area contributed by atoms with Gasteiger partial charge in [0, 0.05) is 12.3 Å². The minimum absolute atomic E-state index is 0.986. The fraction of sp³-hybridized carbons (Fsp3) is 0.857. The van der Waals surface area contributed by atoms with Crippen molar-refractivity contribution in [3.63, 3.8) is 0 Å². The molecule has 0 aromatic rings. The predicted molar refractivity (Wildman–Crippen MR) is 35.4 cm³/mol. The van der Waals surface area contributed by atoms with Gasteiger partial charge >= 0.3 is 0 Å². The van der Waals surface area contributed by atoms with Crippen LogP contribution >= 0.6 is 0 Å². The summed E-state index contributed by atoms with van der Waals surface area (Å²) in [6, 6.07) is 0. The summed E-state index contributed by atoms with van der Waals surface area (Å²) >= 11 is 0. The van der Waals surface area contributed by atoms with Crippen molar-refractivity contribution in [1.82, 2.24) is 0 Å². The van der Waals surface area contributed by atoms with E-state index in [1.54, 1.807) is 4.90 Å². The van der Waals surface area contributed by atoms with Crippen LogP contribution in [-0.2, 0) is 0 Å². The molecule has 2 atom stereocenters. The van der Waals surface area contributed by atoms with Gasteiger partial charge in [-0.3, -0.25) is 0 Å². The summed E-state index contributed by atoms with van der Waals surface area (Å²) in [6.45, 7) is 9.86. The van der Waals surface area contributed by atoms with E-state index in [9.17, 15) is 0 Å². The van der Waals surface area contributed by atoms with E-state index in [0.29, 0.717) is 0 Å². The topological polar surface area (TPSA) is 28.2 Å². The molecule has 1 rings (SSSR count). The highest BCUT2D eigenvalue weighted by Crippen LogP contribution is 1.99. The van der Waals surface area contributed by atoms with E-state index in [0.717, 1.165) is 5.92 Å². The number of nitrogens with zero attached hydrogens (tertiary/aromatic N) is 1. The fourth-order valence-corrected chi connectivity index (χ4v) is 1.29. The standard InChI is InChI=1S/C6H13N.CN/c1-6-3-4-7(2)5-6;1-2/h6H,3-5H2,1-2H3;/q;-1/p+1. The normalized spacial score (nSPS) is 32.9. The Bertz CT molecular complexity index is 80.2. The molecule has 1 fully saturated rings. The molecular formula is C7H14N2. The second-order valence-electron chi connectivity index (χ2n) is 2.81. The SMILES string of the molecule is CC1CC[NH+](C)C1.[C-]#N. The minimum Gasteiger partial charge on any atom is -0.512 e. The molecule has 0 aliphatic carbocycles. The molecule has 0 spiro atoms. The molecule has 1 heterocycles. The van der Waals surface area contributed by atoms with E-state index in [2.05, 4.69) is 14.0 Å². The van der Waals surface area contributed by atoms with Gasteiger partial charge in [0.2, 0.25) is 0 Å². The molecule has 1 aliphatic heterocycles. The van der Waals surface area contributed by atoms with Crippen LogP contribution in [0, 0.1) is 17.8 Å². The van der Waals surface area contributed by atoms with Gasteiger partial charge in [-0.15, -0.1) is 0 Å². The minimum atomic E-state index is 0.986. The van der Waals surface area contributed by atoms with Gasteiger partial charge in [-0.25, -0.2) is 0 Å². The van der Waals surface area contributed by atoms with E-state index in [1.165, 1.54) is 19.5 Å². The van der Waals surface area contributed by atoms with Gasteiger partial charge in [-0.05, 0) is 0 Å². The van der Waals surface area contributed by atoms with Crippen molar-refractivity contribution in [2.75, 3.05) is 20.1 Å². The number of likely N-dealkylation sites (tertiary alicyclic amines) is 1. The fourth-order valence-electron chi connectivity index (χ4n) is 1.29. The second-order valence-corrected chi connectivity index (χ2v) is 2.81. The summed E-state index contributed by atoms with van der Waals surface area (Å²) in [5.74, 6) is 0.986. The van der Waals surface area contributed by atoms with Crippen LogP contribution < -0.4 is 4.90 Å². The van der Waals surface area contributed by atoms with Gasteiger partial charge in [0.25, 0.3) is 0 Å². The number of hydrogen-bond donors (Lipinski definition) is 1. The summed E-state index contributed by atoms with van der Waals surface area (Å²) in [6.07, 6.45) is 1.44. The molecule has 0 aromatic heterocycles. The zero-order valence-corrected chi connectivity index (χ0v) is 6.15. The van der Waals surface area contributed by atoms with Crippen LogP contribution in [0.5, 0.6) is 0 Å². The lowest BCUT2D eigenvalue weighted by molar-refractivity contribution is -0.867. The van der Waals surface area contributed by atoms with E-state index < -0.39 is 0 Å². The monoisotopic (exact) mass is 126 g/mol. The van der Waals surface area contributed by atoms with Crippen molar-refractivity contribution < 1.29 is 4.90 Å². The first-order chi connectivity index (χ1) is 4.29. The Morgan fingerprint density at radius 1 is 1.56 bits per heavy atom. The highest BCUT2D eigenvalue weighted by molar-refractivity contribution is 4.53. The molecule has 52 valence electrons. The van der Waals surface area contributed by atoms with Gasteiger partial charge in [0.1, 0.15) is 0 Å². The highest BCUT2D eigenvalue weighted by atomic mass is 15.1. The first-order valence-electron chi connectivity index (χ1n) is 3.32. The van der Waals surface area contributed by atoms with Gasteiger partial charge in [-0.2, -0.15) is 0 Å². The van der Waals surface area contributed by atoms with Crippen LogP contribution in [0.2, 0.25) is 0 Å². The molecule has 9 heavy (non-hydrogen) atoms. The lowest BCUT2D eigenvalue weighted by Gasteiger charge is -2.00. The van der Waals surface area contributed by atoms with Gasteiger partial charge in [0.15, 0.2) is 0 Å². The summed E-state index contributed by atoms with van der Waals surface area (Å²) in [5, 5.41) is 6.25. The van der Waals surface area contributed by atoms with E-state index in [1.807, 2.05) is 0 Å². The lowest BCUT2D eigenvalue weighted by Crippen LogP contribution is -3.07. The first-order valence-corrected chi connectivity index (χ1v) is 3.32. The Morgan fingerprint density at radius 3 is 2.22 bits per heavy atom. The smallest absolute Gasteiger partial charge is 0.0797 e. The average molecular weight is 126 g/mol. The zero-order chi connectivity index (χ0) is 7.28. The van der Waals surface area contributed by atoms with Crippen LogP contribution in [0.4, 0.5) is 0 Å². The quantitative estimate of drug-likeness (QED) is 0.441. The number of quaternary nitrogens is 1. The van der Waals surface area contributed by atoms with E-state index in [-0.39, 0.29) is 0 Å². The van der Waals surface area contributed by atoms with Crippen LogP contribution in [0.25, 0.3) is 0 Å². The zero-order valence-electron chi connectivity index (χ0n) is 6.15. The third-order valence-electron chi connectivity index (χ3n) is 1.76. The molecule has 0 saturated carbocycles. The lowest BCUT2D eigenvalue weighted by atomic mass is 10.2. The van der Waals surface area contributed by atoms with Crippen LogP contribution in [0.3, 0.4) is 0 Å². The summed E-state index contributed by atoms with van der Waals surface area (Å²) in [7, 11) is 2.27. The largest absolute Gasteiger partial charge is 0.512 e. The van der Waals surface area contributed by atoms with Crippen molar-refractivity contribution in [1.29, 1.82) is 5.26 Å². The van der Waals surface area contributed by atoms with Crippen molar-refractivity contribution in [2.24, 2.45) is 5.92 Å². The molecule has 1 aliphatic rings. The molecule has 0 radical (unpaired) electrons. The molecule has 0 amide bonds. The highest BCUT2D eigenvalue weighted by Gasteiger charge is 2.17. The third-order valence-corrected chi connectivity index (χ3v) is 1.76. The summed E-state index contributed by atoms with van der Waals surface area (Å²) < 4.78 is 0. The molecule has 0 aromatic carbocycles. The van der Waals surface area contributed by atoms with Crippen LogP contribution in [-0.4, -0.2) is 20.1 Å². The maximum atomic E-state index is 6.25. The molecule has 2 nitrogen and oxygen atoms in total. The van der Waals surface area contributed by atoms with Gasteiger partial charge < -0.3 is 16.7 Å². The number of rotatable bonds is 0. The molecule has 1 saturated heterocycles. The summed E-state index contributed by atoms with van der Waals surface area (Å²) in [5.41, 5.74) is 0. The van der Waals surface area contributed by atoms with E-state index >= 15 is 0 Å². The van der Waals surface area contributed by atoms with Crippen molar-refractivity contribution >= 4 is 0 Å². The molecule has 2 unspecified atom stereocenters. The van der Waals surface area contributed by atoms with Crippen molar-refractivity contribution in [3.05, 3.63) is 6.57 Å². The third kappa shape index (κ3) is 3.10. The van der Waals surface area contributed by atoms with Crippen LogP contribution in [0.1, 0.15) is 13.3 Å². The second kappa shape index (κ2) is 4.34. The van der Waals surface area contributed by atoms with Crippen molar-refractivity contribution in [2.45, 2.75) is 13.3 Å². The van der Waals surface area contributed by atoms with Gasteiger partial charge in [-0.1, -0.05) is 6.92 Å².